The lowest BCUT2D eigenvalue weighted by molar-refractivity contribution is 0.478. The van der Waals surface area contributed by atoms with Crippen molar-refractivity contribution < 1.29 is 8.42 Å². The van der Waals surface area contributed by atoms with Gasteiger partial charge in [0.15, 0.2) is 0 Å². The summed E-state index contributed by atoms with van der Waals surface area (Å²) in [5.74, 6) is 0.302. The van der Waals surface area contributed by atoms with Crippen molar-refractivity contribution in [2.75, 3.05) is 19.3 Å². The van der Waals surface area contributed by atoms with E-state index in [1.54, 1.807) is 4.31 Å². The molecule has 0 amide bonds. The van der Waals surface area contributed by atoms with Gasteiger partial charge in [0, 0.05) is 36.1 Å². The van der Waals surface area contributed by atoms with E-state index in [0.29, 0.717) is 19.0 Å². The van der Waals surface area contributed by atoms with Gasteiger partial charge < -0.3 is 4.98 Å². The molecule has 1 fully saturated rings. The molecule has 2 heterocycles. The second-order valence-corrected chi connectivity index (χ2v) is 6.88. The lowest BCUT2D eigenvalue weighted by Gasteiger charge is -2.12. The molecular formula is C13H16N2O2S. The summed E-state index contributed by atoms with van der Waals surface area (Å²) in [4.78, 5) is 3.25. The Hall–Kier alpha value is -1.33. The normalized spacial score (nSPS) is 21.7. The first kappa shape index (κ1) is 11.7. The van der Waals surface area contributed by atoms with Gasteiger partial charge in [0.1, 0.15) is 0 Å². The number of aromatic nitrogens is 1. The lowest BCUT2D eigenvalue weighted by Crippen LogP contribution is -2.27. The van der Waals surface area contributed by atoms with E-state index in [2.05, 4.69) is 11.1 Å². The zero-order valence-electron chi connectivity index (χ0n) is 10.3. The fourth-order valence-electron chi connectivity index (χ4n) is 2.72. The van der Waals surface area contributed by atoms with Crippen molar-refractivity contribution in [3.63, 3.8) is 0 Å². The zero-order chi connectivity index (χ0) is 12.8. The standard InChI is InChI=1S/C13H16N2O2S/c1-18(16,17)15-7-6-10(9-15)12-8-14-13-5-3-2-4-11(12)13/h2-5,8,10,14H,6-7,9H2,1H3. The molecule has 0 bridgehead atoms. The third-order valence-electron chi connectivity index (χ3n) is 3.68. The van der Waals surface area contributed by atoms with E-state index >= 15 is 0 Å². The number of nitrogens with zero attached hydrogens (tertiary/aromatic N) is 1. The van der Waals surface area contributed by atoms with Gasteiger partial charge in [-0.05, 0) is 18.1 Å². The summed E-state index contributed by atoms with van der Waals surface area (Å²) in [5.41, 5.74) is 2.35. The van der Waals surface area contributed by atoms with E-state index in [-0.39, 0.29) is 0 Å². The number of rotatable bonds is 2. The molecule has 4 nitrogen and oxygen atoms in total. The lowest BCUT2D eigenvalue weighted by atomic mass is 9.98. The number of fused-ring (bicyclic) bond motifs is 1. The SMILES string of the molecule is CS(=O)(=O)N1CCC(c2c[nH]c3ccccc23)C1. The van der Waals surface area contributed by atoms with Crippen LogP contribution in [0.4, 0.5) is 0 Å². The summed E-state index contributed by atoms with van der Waals surface area (Å²) < 4.78 is 24.6. The molecule has 1 N–H and O–H groups in total. The first-order chi connectivity index (χ1) is 8.55. The number of hydrogen-bond donors (Lipinski definition) is 1. The molecular weight excluding hydrogens is 248 g/mol. The highest BCUT2D eigenvalue weighted by Gasteiger charge is 2.30. The molecule has 1 aliphatic rings. The molecule has 1 unspecified atom stereocenters. The Balaban J connectivity index is 1.93. The van der Waals surface area contributed by atoms with Crippen LogP contribution in [0.15, 0.2) is 30.5 Å². The number of para-hydroxylation sites is 1. The van der Waals surface area contributed by atoms with Crippen LogP contribution >= 0.6 is 0 Å². The fraction of sp³-hybridized carbons (Fsp3) is 0.385. The molecule has 0 aliphatic carbocycles. The first-order valence-corrected chi connectivity index (χ1v) is 7.91. The number of nitrogens with one attached hydrogen (secondary N) is 1. The highest BCUT2D eigenvalue weighted by molar-refractivity contribution is 7.88. The smallest absolute Gasteiger partial charge is 0.211 e. The van der Waals surface area contributed by atoms with Crippen LogP contribution in [0.2, 0.25) is 0 Å². The van der Waals surface area contributed by atoms with Crippen molar-refractivity contribution in [1.29, 1.82) is 0 Å². The van der Waals surface area contributed by atoms with Crippen molar-refractivity contribution in [3.05, 3.63) is 36.0 Å². The van der Waals surface area contributed by atoms with Crippen LogP contribution in [-0.2, 0) is 10.0 Å². The average molecular weight is 264 g/mol. The second-order valence-electron chi connectivity index (χ2n) is 4.90. The Morgan fingerprint density at radius 1 is 1.33 bits per heavy atom. The molecule has 2 aromatic rings. The molecule has 1 saturated heterocycles. The molecule has 0 spiro atoms. The molecule has 3 rings (SSSR count). The van der Waals surface area contributed by atoms with Gasteiger partial charge in [-0.15, -0.1) is 0 Å². The summed E-state index contributed by atoms with van der Waals surface area (Å²) >= 11 is 0. The summed E-state index contributed by atoms with van der Waals surface area (Å²) in [7, 11) is -3.06. The summed E-state index contributed by atoms with van der Waals surface area (Å²) in [6.07, 6.45) is 4.20. The van der Waals surface area contributed by atoms with Crippen LogP contribution in [0.1, 0.15) is 17.9 Å². The number of sulfonamides is 1. The third-order valence-corrected chi connectivity index (χ3v) is 4.95. The molecule has 1 aromatic heterocycles. The van der Waals surface area contributed by atoms with E-state index < -0.39 is 10.0 Å². The Bertz CT molecular complexity index is 675. The molecule has 0 radical (unpaired) electrons. The van der Waals surface area contributed by atoms with Crippen molar-refractivity contribution in [2.24, 2.45) is 0 Å². The maximum Gasteiger partial charge on any atom is 0.211 e. The second kappa shape index (κ2) is 4.10. The minimum absolute atomic E-state index is 0.302. The van der Waals surface area contributed by atoms with E-state index in [1.807, 2.05) is 24.4 Å². The Morgan fingerprint density at radius 2 is 2.11 bits per heavy atom. The van der Waals surface area contributed by atoms with Crippen LogP contribution < -0.4 is 0 Å². The van der Waals surface area contributed by atoms with E-state index in [9.17, 15) is 8.42 Å². The van der Waals surface area contributed by atoms with Gasteiger partial charge in [-0.25, -0.2) is 12.7 Å². The van der Waals surface area contributed by atoms with Gasteiger partial charge in [-0.3, -0.25) is 0 Å². The Morgan fingerprint density at radius 3 is 2.83 bits per heavy atom. The molecule has 5 heteroatoms. The minimum atomic E-state index is -3.06. The zero-order valence-corrected chi connectivity index (χ0v) is 11.1. The molecule has 96 valence electrons. The predicted molar refractivity (Wildman–Crippen MR) is 72.1 cm³/mol. The van der Waals surface area contributed by atoms with Gasteiger partial charge in [0.2, 0.25) is 10.0 Å². The monoisotopic (exact) mass is 264 g/mol. The van der Waals surface area contributed by atoms with Crippen LogP contribution in [0.3, 0.4) is 0 Å². The van der Waals surface area contributed by atoms with Gasteiger partial charge in [0.05, 0.1) is 6.26 Å². The molecule has 1 atom stereocenters. The highest BCUT2D eigenvalue weighted by atomic mass is 32.2. The van der Waals surface area contributed by atoms with E-state index in [1.165, 1.54) is 17.2 Å². The van der Waals surface area contributed by atoms with Gasteiger partial charge in [0.25, 0.3) is 0 Å². The van der Waals surface area contributed by atoms with Crippen LogP contribution in [0, 0.1) is 0 Å². The van der Waals surface area contributed by atoms with E-state index in [4.69, 9.17) is 0 Å². The van der Waals surface area contributed by atoms with Crippen molar-refractivity contribution in [1.82, 2.24) is 9.29 Å². The van der Waals surface area contributed by atoms with Crippen LogP contribution in [0.5, 0.6) is 0 Å². The number of H-pyrrole nitrogens is 1. The van der Waals surface area contributed by atoms with Crippen LogP contribution in [-0.4, -0.2) is 37.1 Å². The number of hydrogen-bond acceptors (Lipinski definition) is 2. The Kier molecular flexibility index (Phi) is 2.68. The van der Waals surface area contributed by atoms with Gasteiger partial charge in [-0.2, -0.15) is 0 Å². The van der Waals surface area contributed by atoms with Crippen molar-refractivity contribution >= 4 is 20.9 Å². The largest absolute Gasteiger partial charge is 0.361 e. The molecule has 18 heavy (non-hydrogen) atoms. The first-order valence-electron chi connectivity index (χ1n) is 6.07. The maximum absolute atomic E-state index is 11.5. The maximum atomic E-state index is 11.5. The highest BCUT2D eigenvalue weighted by Crippen LogP contribution is 2.33. The Labute approximate surface area is 107 Å². The van der Waals surface area contributed by atoms with Crippen molar-refractivity contribution in [2.45, 2.75) is 12.3 Å². The summed E-state index contributed by atoms with van der Waals surface area (Å²) in [6, 6.07) is 8.15. The minimum Gasteiger partial charge on any atom is -0.361 e. The number of aromatic amines is 1. The predicted octanol–water partition coefficient (Wildman–Crippen LogP) is 1.92. The topological polar surface area (TPSA) is 53.2 Å². The van der Waals surface area contributed by atoms with Crippen molar-refractivity contribution in [3.8, 4) is 0 Å². The van der Waals surface area contributed by atoms with Crippen LogP contribution in [0.25, 0.3) is 10.9 Å². The molecule has 0 saturated carbocycles. The summed E-state index contributed by atoms with van der Waals surface area (Å²) in [6.45, 7) is 1.23. The average Bonchev–Trinajstić information content (AvgIpc) is 2.94. The third kappa shape index (κ3) is 1.93. The molecule has 1 aliphatic heterocycles. The van der Waals surface area contributed by atoms with E-state index in [0.717, 1.165) is 11.9 Å². The fourth-order valence-corrected chi connectivity index (χ4v) is 3.60. The molecule has 1 aromatic carbocycles. The number of benzene rings is 1. The summed E-state index contributed by atoms with van der Waals surface area (Å²) in [5, 5.41) is 1.21. The van der Waals surface area contributed by atoms with Gasteiger partial charge in [-0.1, -0.05) is 18.2 Å². The van der Waals surface area contributed by atoms with Gasteiger partial charge >= 0.3 is 0 Å². The quantitative estimate of drug-likeness (QED) is 0.901.